The van der Waals surface area contributed by atoms with Crippen molar-refractivity contribution >= 4 is 46.3 Å². The molecule has 1 aromatic carbocycles. The number of hydrogen-bond acceptors (Lipinski definition) is 8. The van der Waals surface area contributed by atoms with E-state index in [-0.39, 0.29) is 28.2 Å². The van der Waals surface area contributed by atoms with Crippen LogP contribution in [0.1, 0.15) is 6.92 Å². The number of amides is 2. The number of nitrogens with zero attached hydrogens (tertiary/aromatic N) is 3. The molecule has 0 radical (unpaired) electrons. The first-order valence-electron chi connectivity index (χ1n) is 11.3. The molecule has 2 amide bonds. The van der Waals surface area contributed by atoms with Crippen LogP contribution >= 0.6 is 11.3 Å². The zero-order chi connectivity index (χ0) is 27.0. The first kappa shape index (κ1) is 27.9. The van der Waals surface area contributed by atoms with E-state index in [0.717, 1.165) is 15.9 Å². The average molecular weight is 539 g/mol. The first-order chi connectivity index (χ1) is 17.6. The molecule has 2 heterocycles. The van der Waals surface area contributed by atoms with Gasteiger partial charge in [0.2, 0.25) is 5.91 Å². The van der Waals surface area contributed by atoms with Gasteiger partial charge in [-0.3, -0.25) is 23.9 Å². The monoisotopic (exact) mass is 538 g/mol. The van der Waals surface area contributed by atoms with E-state index in [1.165, 1.54) is 6.20 Å². The molecule has 0 spiro atoms. The van der Waals surface area contributed by atoms with E-state index >= 15 is 0 Å². The Kier molecular flexibility index (Phi) is 9.45. The number of aromatic nitrogens is 1. The molecule has 3 N–H and O–H groups in total. The van der Waals surface area contributed by atoms with Gasteiger partial charge in [-0.1, -0.05) is 6.07 Å². The van der Waals surface area contributed by atoms with E-state index in [4.69, 9.17) is 4.74 Å². The van der Waals surface area contributed by atoms with Gasteiger partial charge in [0.15, 0.2) is 5.57 Å². The number of hydrogen-bond donors (Lipinski definition) is 3. The largest absolute Gasteiger partial charge is 0.405 e. The lowest BCUT2D eigenvalue weighted by Crippen LogP contribution is -2.41. The average Bonchev–Trinajstić information content (AvgIpc) is 3.17. The van der Waals surface area contributed by atoms with Crippen LogP contribution in [0, 0.1) is 11.3 Å². The molecule has 37 heavy (non-hydrogen) atoms. The molecule has 3 rings (SSSR count). The standard InChI is InChI=1S/C23H25F3N6O4S/c1-2-32-21(35)18(37-22(32)17(11-27)20(34)29-14-23(24,25)26)12-28-15-4-3-5-16(10-15)30-19(33)13-31-6-8-36-9-7-31/h3-5,10,12,28H,2,6-9,13-14H2,1H3,(H,29,34)(H,30,33)/b18-12+,22-17-. The summed E-state index contributed by atoms with van der Waals surface area (Å²) in [6.07, 6.45) is -3.27. The van der Waals surface area contributed by atoms with Crippen LogP contribution in [0.15, 0.2) is 29.1 Å². The van der Waals surface area contributed by atoms with E-state index in [1.807, 2.05) is 4.90 Å². The summed E-state index contributed by atoms with van der Waals surface area (Å²) in [6.45, 7) is 2.86. The van der Waals surface area contributed by atoms with Gasteiger partial charge in [0.1, 0.15) is 21.8 Å². The minimum Gasteiger partial charge on any atom is -0.379 e. The Morgan fingerprint density at radius 1 is 1.24 bits per heavy atom. The second-order valence-corrected chi connectivity index (χ2v) is 8.94. The third-order valence-corrected chi connectivity index (χ3v) is 6.34. The van der Waals surface area contributed by atoms with Crippen molar-refractivity contribution in [3.05, 3.63) is 43.8 Å². The minimum atomic E-state index is -4.64. The van der Waals surface area contributed by atoms with Gasteiger partial charge in [-0.05, 0) is 25.1 Å². The van der Waals surface area contributed by atoms with Crippen LogP contribution in [0.3, 0.4) is 0 Å². The van der Waals surface area contributed by atoms with E-state index in [2.05, 4.69) is 10.6 Å². The predicted molar refractivity (Wildman–Crippen MR) is 132 cm³/mol. The number of thiazole rings is 1. The van der Waals surface area contributed by atoms with Crippen LogP contribution in [-0.4, -0.2) is 66.9 Å². The molecule has 1 fully saturated rings. The van der Waals surface area contributed by atoms with Crippen molar-refractivity contribution < 1.29 is 27.5 Å². The molecule has 1 aliphatic heterocycles. The van der Waals surface area contributed by atoms with Gasteiger partial charge in [-0.25, -0.2) is 0 Å². The smallest absolute Gasteiger partial charge is 0.379 e. The molecule has 1 saturated heterocycles. The van der Waals surface area contributed by atoms with Gasteiger partial charge in [0.05, 0.1) is 19.8 Å². The fourth-order valence-corrected chi connectivity index (χ4v) is 4.54. The summed E-state index contributed by atoms with van der Waals surface area (Å²) >= 11 is 0.804. The van der Waals surface area contributed by atoms with Crippen molar-refractivity contribution in [3.63, 3.8) is 0 Å². The number of benzene rings is 1. The quantitative estimate of drug-likeness (QED) is 0.444. The van der Waals surface area contributed by atoms with E-state index in [9.17, 15) is 32.8 Å². The van der Waals surface area contributed by atoms with E-state index < -0.39 is 29.8 Å². The van der Waals surface area contributed by atoms with Crippen LogP contribution in [0.5, 0.6) is 0 Å². The van der Waals surface area contributed by atoms with E-state index in [1.54, 1.807) is 42.6 Å². The molecule has 198 valence electrons. The van der Waals surface area contributed by atoms with Crippen molar-refractivity contribution in [2.24, 2.45) is 0 Å². The highest BCUT2D eigenvalue weighted by molar-refractivity contribution is 7.07. The highest BCUT2D eigenvalue weighted by atomic mass is 32.1. The fourth-order valence-electron chi connectivity index (χ4n) is 3.46. The third kappa shape index (κ3) is 7.91. The molecule has 10 nitrogen and oxygen atoms in total. The van der Waals surface area contributed by atoms with Gasteiger partial charge in [-0.15, -0.1) is 11.3 Å². The topological polar surface area (TPSA) is 128 Å². The van der Waals surface area contributed by atoms with Crippen molar-refractivity contribution in [1.29, 1.82) is 5.26 Å². The molecular formula is C23H25F3N6O4S. The zero-order valence-corrected chi connectivity index (χ0v) is 20.7. The lowest BCUT2D eigenvalue weighted by atomic mass is 10.2. The first-order valence-corrected chi connectivity index (χ1v) is 12.1. The Bertz CT molecular complexity index is 1360. The number of ether oxygens (including phenoxy) is 1. The highest BCUT2D eigenvalue weighted by Crippen LogP contribution is 2.15. The summed E-state index contributed by atoms with van der Waals surface area (Å²) in [5, 5.41) is 16.8. The van der Waals surface area contributed by atoms with Gasteiger partial charge >= 0.3 is 6.18 Å². The van der Waals surface area contributed by atoms with Crippen LogP contribution in [0.4, 0.5) is 24.5 Å². The Hall–Kier alpha value is -3.67. The lowest BCUT2D eigenvalue weighted by Gasteiger charge is -2.25. The summed E-state index contributed by atoms with van der Waals surface area (Å²) in [4.78, 5) is 39.3. The number of morpholine rings is 1. The third-order valence-electron chi connectivity index (χ3n) is 5.21. The number of carbonyl (C=O) groups excluding carboxylic acids is 2. The number of halogens is 3. The number of nitriles is 1. The molecule has 0 aliphatic carbocycles. The summed E-state index contributed by atoms with van der Waals surface area (Å²) in [7, 11) is 0. The maximum absolute atomic E-state index is 12.8. The summed E-state index contributed by atoms with van der Waals surface area (Å²) in [6, 6.07) is 8.39. The minimum absolute atomic E-state index is 0.0492. The number of carbonyl (C=O) groups is 2. The molecule has 0 unspecified atom stereocenters. The second kappa shape index (κ2) is 12.5. The van der Waals surface area contributed by atoms with Crippen LogP contribution in [0.2, 0.25) is 0 Å². The zero-order valence-electron chi connectivity index (χ0n) is 19.9. The molecule has 14 heteroatoms. The molecule has 1 aliphatic rings. The molecular weight excluding hydrogens is 513 g/mol. The van der Waals surface area contributed by atoms with Crippen LogP contribution < -0.4 is 30.7 Å². The number of rotatable bonds is 8. The fraction of sp³-hybridized carbons (Fsp3) is 0.391. The molecule has 1 aromatic heterocycles. The number of nitrogens with one attached hydrogen (secondary N) is 3. The van der Waals surface area contributed by atoms with Gasteiger partial charge in [0, 0.05) is 37.2 Å². The Balaban J connectivity index is 1.80. The summed E-state index contributed by atoms with van der Waals surface area (Å²) in [5.74, 6) is -1.40. The SMILES string of the molecule is CCn1c(=O)/c(=C\Nc2cccc(NC(=O)CN3CCOCC3)c2)s/c1=C(/C#N)C(=O)NCC(F)(F)F. The van der Waals surface area contributed by atoms with Crippen molar-refractivity contribution in [2.75, 3.05) is 50.0 Å². The van der Waals surface area contributed by atoms with Crippen molar-refractivity contribution in [3.8, 4) is 6.07 Å². The second-order valence-electron chi connectivity index (χ2n) is 7.91. The molecule has 0 bridgehead atoms. The number of alkyl halides is 3. The van der Waals surface area contributed by atoms with Crippen LogP contribution in [0.25, 0.3) is 11.8 Å². The lowest BCUT2D eigenvalue weighted by molar-refractivity contribution is -0.135. The normalized spacial score (nSPS) is 15.6. The van der Waals surface area contributed by atoms with Gasteiger partial charge < -0.3 is 20.7 Å². The van der Waals surface area contributed by atoms with E-state index in [0.29, 0.717) is 37.7 Å². The van der Waals surface area contributed by atoms with Crippen molar-refractivity contribution in [1.82, 2.24) is 14.8 Å². The van der Waals surface area contributed by atoms with Crippen molar-refractivity contribution in [2.45, 2.75) is 19.6 Å². The Morgan fingerprint density at radius 2 is 1.95 bits per heavy atom. The van der Waals surface area contributed by atoms with Crippen LogP contribution in [-0.2, 0) is 20.9 Å². The highest BCUT2D eigenvalue weighted by Gasteiger charge is 2.29. The predicted octanol–water partition coefficient (Wildman–Crippen LogP) is 0.403. The van der Waals surface area contributed by atoms with Gasteiger partial charge in [-0.2, -0.15) is 18.4 Å². The maximum Gasteiger partial charge on any atom is 0.405 e. The number of anilines is 2. The molecule has 0 saturated carbocycles. The Labute approximate surface area is 213 Å². The van der Waals surface area contributed by atoms with Gasteiger partial charge in [0.25, 0.3) is 11.5 Å². The molecule has 0 atom stereocenters. The maximum atomic E-state index is 12.8. The Morgan fingerprint density at radius 3 is 2.59 bits per heavy atom. The summed E-state index contributed by atoms with van der Waals surface area (Å²) < 4.78 is 43.9. The summed E-state index contributed by atoms with van der Waals surface area (Å²) in [5.41, 5.74) is -0.0101. The molecule has 2 aromatic rings.